The maximum atomic E-state index is 11.3. The first-order chi connectivity index (χ1) is 2.64. The SMILES string of the molecule is FC(Cl)[C](Cl)Cl. The minimum Gasteiger partial charge on any atom is -0.226 e. The molecule has 0 fully saturated rings. The Hall–Kier alpha value is 0.800. The fraction of sp³-hybridized carbons (Fsp3) is 0.500. The molecule has 4 heteroatoms. The molecule has 0 aliphatic heterocycles. The van der Waals surface area contributed by atoms with Crippen LogP contribution in [0.15, 0.2) is 0 Å². The highest BCUT2D eigenvalue weighted by Crippen LogP contribution is 2.22. The third-order valence-electron chi connectivity index (χ3n) is 0.165. The third-order valence-corrected chi connectivity index (χ3v) is 0.990. The van der Waals surface area contributed by atoms with Crippen LogP contribution in [0.4, 0.5) is 4.39 Å². The second kappa shape index (κ2) is 2.89. The average molecular weight is 150 g/mol. The van der Waals surface area contributed by atoms with Gasteiger partial charge in [-0.25, -0.2) is 4.39 Å². The molecule has 0 saturated carbocycles. The summed E-state index contributed by atoms with van der Waals surface area (Å²) >= 11 is 14.2. The summed E-state index contributed by atoms with van der Waals surface area (Å²) in [6.07, 6.45) is 0. The zero-order valence-corrected chi connectivity index (χ0v) is 4.86. The molecule has 0 aromatic heterocycles. The molecule has 0 saturated heterocycles. The predicted octanol–water partition coefficient (Wildman–Crippen LogP) is 2.49. The molecule has 0 heterocycles. The highest BCUT2D eigenvalue weighted by atomic mass is 35.5. The van der Waals surface area contributed by atoms with E-state index in [2.05, 4.69) is 11.6 Å². The van der Waals surface area contributed by atoms with E-state index in [-0.39, 0.29) is 0 Å². The van der Waals surface area contributed by atoms with E-state index < -0.39 is 10.5 Å². The van der Waals surface area contributed by atoms with Gasteiger partial charge in [0.05, 0.1) is 0 Å². The number of rotatable bonds is 1. The molecule has 1 radical (unpaired) electrons. The summed E-state index contributed by atoms with van der Waals surface area (Å²) in [7, 11) is 0. The lowest BCUT2D eigenvalue weighted by molar-refractivity contribution is 0.495. The minimum absolute atomic E-state index is 0.448. The summed E-state index contributed by atoms with van der Waals surface area (Å²) < 4.78 is 11.3. The zero-order valence-electron chi connectivity index (χ0n) is 2.59. The number of hydrogen-bond donors (Lipinski definition) is 0. The van der Waals surface area contributed by atoms with Crippen molar-refractivity contribution in [2.24, 2.45) is 0 Å². The van der Waals surface area contributed by atoms with Crippen LogP contribution < -0.4 is 0 Å². The highest BCUT2D eigenvalue weighted by molar-refractivity contribution is 6.56. The van der Waals surface area contributed by atoms with Crippen molar-refractivity contribution in [3.63, 3.8) is 0 Å². The van der Waals surface area contributed by atoms with E-state index in [1.807, 2.05) is 0 Å². The molecule has 0 N–H and O–H groups in total. The Balaban J connectivity index is 2.99. The second-order valence-electron chi connectivity index (χ2n) is 0.590. The standard InChI is InChI=1S/C2HCl3F/c3-1(4)2(5)6/h2H. The molecule has 0 nitrogen and oxygen atoms in total. The summed E-state index contributed by atoms with van der Waals surface area (Å²) in [6.45, 7) is 0. The van der Waals surface area contributed by atoms with Gasteiger partial charge in [0.1, 0.15) is 0 Å². The molecule has 0 bridgehead atoms. The van der Waals surface area contributed by atoms with Crippen molar-refractivity contribution in [2.75, 3.05) is 0 Å². The van der Waals surface area contributed by atoms with E-state index >= 15 is 0 Å². The van der Waals surface area contributed by atoms with Gasteiger partial charge in [0.15, 0.2) is 4.84 Å². The van der Waals surface area contributed by atoms with E-state index in [0.29, 0.717) is 0 Å². The summed E-state index contributed by atoms with van der Waals surface area (Å²) in [5.74, 6) is 0. The minimum atomic E-state index is -1.73. The third kappa shape index (κ3) is 3.01. The summed E-state index contributed by atoms with van der Waals surface area (Å²) in [6, 6.07) is 0. The average Bonchev–Trinajstić information content (AvgIpc) is 1.36. The fourth-order valence-corrected chi connectivity index (χ4v) is 0. The van der Waals surface area contributed by atoms with Crippen molar-refractivity contribution >= 4 is 34.8 Å². The van der Waals surface area contributed by atoms with Crippen LogP contribution in [0.25, 0.3) is 0 Å². The van der Waals surface area contributed by atoms with Gasteiger partial charge in [0.25, 0.3) is 0 Å². The Labute approximate surface area is 50.2 Å². The Morgan fingerprint density at radius 1 is 1.50 bits per heavy atom. The van der Waals surface area contributed by atoms with Crippen molar-refractivity contribution in [1.82, 2.24) is 0 Å². The largest absolute Gasteiger partial charge is 0.226 e. The maximum absolute atomic E-state index is 11.3. The van der Waals surface area contributed by atoms with Crippen molar-refractivity contribution in [2.45, 2.75) is 5.63 Å². The first-order valence-corrected chi connectivity index (χ1v) is 2.30. The molecule has 1 unspecified atom stereocenters. The molecule has 0 spiro atoms. The molecule has 1 atom stereocenters. The van der Waals surface area contributed by atoms with Gasteiger partial charge in [-0.05, 0) is 0 Å². The first kappa shape index (κ1) is 6.80. The van der Waals surface area contributed by atoms with Crippen molar-refractivity contribution < 1.29 is 4.39 Å². The Morgan fingerprint density at radius 2 is 1.67 bits per heavy atom. The van der Waals surface area contributed by atoms with Gasteiger partial charge in [0, 0.05) is 0 Å². The molecule has 0 aromatic carbocycles. The monoisotopic (exact) mass is 149 g/mol. The summed E-state index contributed by atoms with van der Waals surface area (Å²) in [4.78, 5) is -0.448. The van der Waals surface area contributed by atoms with Crippen LogP contribution in [0.3, 0.4) is 0 Å². The van der Waals surface area contributed by atoms with Crippen LogP contribution in [0.2, 0.25) is 0 Å². The molecule has 0 amide bonds. The number of alkyl halides is 2. The highest BCUT2D eigenvalue weighted by Gasteiger charge is 2.11. The lowest BCUT2D eigenvalue weighted by Gasteiger charge is -1.91. The zero-order chi connectivity index (χ0) is 5.15. The van der Waals surface area contributed by atoms with Gasteiger partial charge in [-0.15, -0.1) is 0 Å². The first-order valence-electron chi connectivity index (χ1n) is 1.10. The fourth-order valence-electron chi connectivity index (χ4n) is 0. The van der Waals surface area contributed by atoms with Crippen LogP contribution in [0.1, 0.15) is 0 Å². The Kier molecular flexibility index (Phi) is 3.28. The molecule has 0 aliphatic rings. The second-order valence-corrected chi connectivity index (χ2v) is 1.98. The van der Waals surface area contributed by atoms with Crippen LogP contribution in [0, 0.1) is 4.84 Å². The molecule has 0 aliphatic carbocycles. The summed E-state index contributed by atoms with van der Waals surface area (Å²) in [5, 5.41) is 0. The molecular formula is C2HCl3F. The van der Waals surface area contributed by atoms with Crippen LogP contribution in [-0.2, 0) is 0 Å². The number of hydrogen-bond acceptors (Lipinski definition) is 0. The lowest BCUT2D eigenvalue weighted by Crippen LogP contribution is -1.88. The van der Waals surface area contributed by atoms with Gasteiger partial charge in [0.2, 0.25) is 5.63 Å². The van der Waals surface area contributed by atoms with Gasteiger partial charge >= 0.3 is 0 Å². The van der Waals surface area contributed by atoms with Gasteiger partial charge in [-0.2, -0.15) is 0 Å². The van der Waals surface area contributed by atoms with Crippen LogP contribution in [0.5, 0.6) is 0 Å². The van der Waals surface area contributed by atoms with E-state index in [1.165, 1.54) is 0 Å². The summed E-state index contributed by atoms with van der Waals surface area (Å²) in [5.41, 5.74) is -1.73. The smallest absolute Gasteiger partial charge is 0.209 e. The molecule has 0 aromatic rings. The molecular weight excluding hydrogens is 149 g/mol. The Morgan fingerprint density at radius 3 is 1.67 bits per heavy atom. The molecule has 0 rings (SSSR count). The van der Waals surface area contributed by atoms with E-state index in [0.717, 1.165) is 0 Å². The van der Waals surface area contributed by atoms with Gasteiger partial charge in [-0.3, -0.25) is 0 Å². The quantitative estimate of drug-likeness (QED) is 0.504. The van der Waals surface area contributed by atoms with Gasteiger partial charge < -0.3 is 0 Å². The van der Waals surface area contributed by atoms with Gasteiger partial charge in [-0.1, -0.05) is 34.8 Å². The maximum Gasteiger partial charge on any atom is 0.209 e. The van der Waals surface area contributed by atoms with Crippen molar-refractivity contribution in [1.29, 1.82) is 0 Å². The van der Waals surface area contributed by atoms with E-state index in [1.54, 1.807) is 0 Å². The molecule has 6 heavy (non-hydrogen) atoms. The van der Waals surface area contributed by atoms with E-state index in [4.69, 9.17) is 23.2 Å². The topological polar surface area (TPSA) is 0 Å². The van der Waals surface area contributed by atoms with Crippen molar-refractivity contribution in [3.8, 4) is 0 Å². The normalized spacial score (nSPS) is 15.5. The lowest BCUT2D eigenvalue weighted by atomic mass is 10.9. The predicted molar refractivity (Wildman–Crippen MR) is 25.7 cm³/mol. The Bertz CT molecular complexity index is 29.8. The number of halogens is 4. The molecule has 37 valence electrons. The van der Waals surface area contributed by atoms with E-state index in [9.17, 15) is 4.39 Å². The van der Waals surface area contributed by atoms with Crippen LogP contribution in [-0.4, -0.2) is 5.63 Å². The van der Waals surface area contributed by atoms with Crippen molar-refractivity contribution in [3.05, 3.63) is 4.84 Å². The van der Waals surface area contributed by atoms with Crippen LogP contribution >= 0.6 is 34.8 Å².